The minimum atomic E-state index is -0.0901. The van der Waals surface area contributed by atoms with Crippen molar-refractivity contribution >= 4 is 33.9 Å². The van der Waals surface area contributed by atoms with Crippen molar-refractivity contribution in [1.29, 1.82) is 0 Å². The Morgan fingerprint density at radius 3 is 2.67 bits per heavy atom. The molecular weight excluding hydrogens is 320 g/mol. The Morgan fingerprint density at radius 2 is 1.92 bits per heavy atom. The smallest absolute Gasteiger partial charge is 0.236 e. The fourth-order valence-electron chi connectivity index (χ4n) is 2.74. The Kier molecular flexibility index (Phi) is 4.04. The van der Waals surface area contributed by atoms with Crippen LogP contribution in [-0.2, 0) is 11.2 Å². The van der Waals surface area contributed by atoms with E-state index in [-0.39, 0.29) is 11.9 Å². The average molecular weight is 336 g/mol. The number of aliphatic imine (C=N–C) groups is 1. The molecule has 120 valence electrons. The summed E-state index contributed by atoms with van der Waals surface area (Å²) in [7, 11) is 0. The number of aromatic nitrogens is 2. The normalized spacial score (nSPS) is 17.3. The molecule has 0 spiro atoms. The SMILES string of the molecule is O=C1CSC(=NC(Cc2nc3ccccc3[nH]2)c2ccccc2)N1. The van der Waals surface area contributed by atoms with Crippen LogP contribution in [0.25, 0.3) is 11.0 Å². The largest absolute Gasteiger partial charge is 0.342 e. The number of H-pyrrole nitrogens is 1. The van der Waals surface area contributed by atoms with Crippen LogP contribution in [0.4, 0.5) is 0 Å². The van der Waals surface area contributed by atoms with Gasteiger partial charge in [-0.15, -0.1) is 0 Å². The third kappa shape index (κ3) is 3.19. The highest BCUT2D eigenvalue weighted by molar-refractivity contribution is 8.15. The molecule has 4 rings (SSSR count). The van der Waals surface area contributed by atoms with Gasteiger partial charge in [0, 0.05) is 6.42 Å². The van der Waals surface area contributed by atoms with Gasteiger partial charge in [0.05, 0.1) is 22.8 Å². The molecule has 1 saturated heterocycles. The highest BCUT2D eigenvalue weighted by Crippen LogP contribution is 2.25. The van der Waals surface area contributed by atoms with Crippen LogP contribution < -0.4 is 5.32 Å². The van der Waals surface area contributed by atoms with Crippen molar-refractivity contribution in [3.8, 4) is 0 Å². The van der Waals surface area contributed by atoms with Gasteiger partial charge in [-0.25, -0.2) is 4.98 Å². The van der Waals surface area contributed by atoms with E-state index >= 15 is 0 Å². The molecule has 2 aromatic carbocycles. The highest BCUT2D eigenvalue weighted by atomic mass is 32.2. The number of nitrogens with one attached hydrogen (secondary N) is 2. The van der Waals surface area contributed by atoms with Gasteiger partial charge in [0.15, 0.2) is 5.17 Å². The first-order chi connectivity index (χ1) is 11.8. The van der Waals surface area contributed by atoms with Crippen LogP contribution in [0.1, 0.15) is 17.4 Å². The van der Waals surface area contributed by atoms with E-state index in [4.69, 9.17) is 4.99 Å². The average Bonchev–Trinajstić information content (AvgIpc) is 3.20. The van der Waals surface area contributed by atoms with E-state index in [2.05, 4.69) is 27.4 Å². The van der Waals surface area contributed by atoms with Crippen molar-refractivity contribution in [2.45, 2.75) is 12.5 Å². The van der Waals surface area contributed by atoms with E-state index in [9.17, 15) is 4.79 Å². The predicted molar refractivity (Wildman–Crippen MR) is 97.0 cm³/mol. The standard InChI is InChI=1S/C18H16N4OS/c23-17-11-24-18(22-17)21-15(12-6-2-1-3-7-12)10-16-19-13-8-4-5-9-14(13)20-16/h1-9,15H,10-11H2,(H,19,20)(H,21,22,23). The number of thioether (sulfide) groups is 1. The lowest BCUT2D eigenvalue weighted by Crippen LogP contribution is -2.21. The van der Waals surface area contributed by atoms with E-state index in [1.54, 1.807) is 0 Å². The predicted octanol–water partition coefficient (Wildman–Crippen LogP) is 3.07. The van der Waals surface area contributed by atoms with Gasteiger partial charge in [-0.05, 0) is 17.7 Å². The number of para-hydroxylation sites is 2. The molecule has 1 fully saturated rings. The quantitative estimate of drug-likeness (QED) is 0.769. The van der Waals surface area contributed by atoms with Crippen molar-refractivity contribution in [2.24, 2.45) is 4.99 Å². The second-order valence-electron chi connectivity index (χ2n) is 5.60. The number of aromatic amines is 1. The molecule has 1 aromatic heterocycles. The molecule has 0 saturated carbocycles. The number of nitrogens with zero attached hydrogens (tertiary/aromatic N) is 2. The van der Waals surface area contributed by atoms with Gasteiger partial charge in [-0.1, -0.05) is 54.2 Å². The van der Waals surface area contributed by atoms with Crippen molar-refractivity contribution in [3.63, 3.8) is 0 Å². The number of carbonyl (C=O) groups excluding carboxylic acids is 1. The molecule has 5 nitrogen and oxygen atoms in total. The van der Waals surface area contributed by atoms with Crippen molar-refractivity contribution < 1.29 is 4.79 Å². The molecule has 1 aliphatic rings. The fraction of sp³-hybridized carbons (Fsp3) is 0.167. The first-order valence-electron chi connectivity index (χ1n) is 7.77. The van der Waals surface area contributed by atoms with Gasteiger partial charge in [0.1, 0.15) is 5.82 Å². The molecule has 1 unspecified atom stereocenters. The molecule has 24 heavy (non-hydrogen) atoms. The van der Waals surface area contributed by atoms with Gasteiger partial charge in [-0.3, -0.25) is 9.79 Å². The minimum Gasteiger partial charge on any atom is -0.342 e. The first-order valence-corrected chi connectivity index (χ1v) is 8.75. The zero-order valence-electron chi connectivity index (χ0n) is 12.9. The van der Waals surface area contributed by atoms with Gasteiger partial charge in [0.25, 0.3) is 0 Å². The van der Waals surface area contributed by atoms with Gasteiger partial charge in [-0.2, -0.15) is 0 Å². The third-order valence-corrected chi connectivity index (χ3v) is 4.76. The minimum absolute atomic E-state index is 0.00861. The van der Waals surface area contributed by atoms with Gasteiger partial charge in [0.2, 0.25) is 5.91 Å². The van der Waals surface area contributed by atoms with Gasteiger partial charge < -0.3 is 10.3 Å². The third-order valence-electron chi connectivity index (χ3n) is 3.87. The number of fused-ring (bicyclic) bond motifs is 1. The summed E-state index contributed by atoms with van der Waals surface area (Å²) in [5, 5.41) is 3.50. The van der Waals surface area contributed by atoms with E-state index in [0.717, 1.165) is 22.4 Å². The number of hydrogen-bond donors (Lipinski definition) is 2. The van der Waals surface area contributed by atoms with Gasteiger partial charge >= 0.3 is 0 Å². The maximum atomic E-state index is 11.4. The van der Waals surface area contributed by atoms with Crippen LogP contribution >= 0.6 is 11.8 Å². The molecule has 1 amide bonds. The maximum Gasteiger partial charge on any atom is 0.236 e. The van der Waals surface area contributed by atoms with Crippen molar-refractivity contribution in [2.75, 3.05) is 5.75 Å². The summed E-state index contributed by atoms with van der Waals surface area (Å²) in [6.45, 7) is 0. The van der Waals surface area contributed by atoms with E-state index in [0.29, 0.717) is 17.3 Å². The summed E-state index contributed by atoms with van der Waals surface area (Å²) in [4.78, 5) is 24.2. The van der Waals surface area contributed by atoms with Crippen LogP contribution in [0.3, 0.4) is 0 Å². The topological polar surface area (TPSA) is 70.1 Å². The summed E-state index contributed by atoms with van der Waals surface area (Å²) in [5.41, 5.74) is 3.08. The summed E-state index contributed by atoms with van der Waals surface area (Å²) in [6, 6.07) is 18.0. The maximum absolute atomic E-state index is 11.4. The molecule has 6 heteroatoms. The number of amides is 1. The second kappa shape index (κ2) is 6.49. The monoisotopic (exact) mass is 336 g/mol. The molecule has 2 N–H and O–H groups in total. The Labute approximate surface area is 143 Å². The van der Waals surface area contributed by atoms with Crippen molar-refractivity contribution in [3.05, 3.63) is 66.0 Å². The molecule has 0 aliphatic carbocycles. The Morgan fingerprint density at radius 1 is 1.12 bits per heavy atom. The zero-order valence-corrected chi connectivity index (χ0v) is 13.7. The van der Waals surface area contributed by atoms with Crippen LogP contribution in [0.2, 0.25) is 0 Å². The summed E-state index contributed by atoms with van der Waals surface area (Å²) >= 11 is 1.45. The highest BCUT2D eigenvalue weighted by Gasteiger charge is 2.20. The fourth-order valence-corrected chi connectivity index (χ4v) is 3.46. The number of amidine groups is 1. The molecule has 0 bridgehead atoms. The van der Waals surface area contributed by atoms with Crippen LogP contribution in [-0.4, -0.2) is 26.8 Å². The summed E-state index contributed by atoms with van der Waals surface area (Å²) in [6.07, 6.45) is 0.651. The lowest BCUT2D eigenvalue weighted by molar-refractivity contribution is -0.116. The lowest BCUT2D eigenvalue weighted by atomic mass is 10.0. The second-order valence-corrected chi connectivity index (χ2v) is 6.57. The Bertz CT molecular complexity index is 871. The molecule has 0 radical (unpaired) electrons. The lowest BCUT2D eigenvalue weighted by Gasteiger charge is -2.12. The number of rotatable bonds is 4. The number of hydrogen-bond acceptors (Lipinski definition) is 4. The molecule has 1 atom stereocenters. The molecular formula is C18H16N4OS. The van der Waals surface area contributed by atoms with E-state index in [1.165, 1.54) is 11.8 Å². The Hall–Kier alpha value is -2.60. The van der Waals surface area contributed by atoms with Crippen molar-refractivity contribution in [1.82, 2.24) is 15.3 Å². The van der Waals surface area contributed by atoms with Crippen LogP contribution in [0, 0.1) is 0 Å². The van der Waals surface area contributed by atoms with E-state index in [1.807, 2.05) is 42.5 Å². The number of imidazole rings is 1. The summed E-state index contributed by atoms with van der Waals surface area (Å²) in [5.74, 6) is 1.34. The summed E-state index contributed by atoms with van der Waals surface area (Å²) < 4.78 is 0. The first kappa shape index (κ1) is 15.0. The molecule has 2 heterocycles. The van der Waals surface area contributed by atoms with Crippen LogP contribution in [0.15, 0.2) is 59.6 Å². The Balaban J connectivity index is 1.66. The number of carbonyl (C=O) groups is 1. The number of benzene rings is 2. The molecule has 1 aliphatic heterocycles. The molecule has 3 aromatic rings. The zero-order chi connectivity index (χ0) is 16.4. The van der Waals surface area contributed by atoms with E-state index < -0.39 is 0 Å². The van der Waals surface area contributed by atoms with Crippen LogP contribution in [0.5, 0.6) is 0 Å².